The zero-order valence-corrected chi connectivity index (χ0v) is 2.89. The van der Waals surface area contributed by atoms with Crippen molar-refractivity contribution >= 4 is 0 Å². The van der Waals surface area contributed by atoms with Crippen LogP contribution < -0.4 is 0 Å². The summed E-state index contributed by atoms with van der Waals surface area (Å²) in [7, 11) is 0. The molecule has 0 bridgehead atoms. The summed E-state index contributed by atoms with van der Waals surface area (Å²) in [5, 5.41) is 15.7. The van der Waals surface area contributed by atoms with Crippen molar-refractivity contribution in [3.8, 4) is 0 Å². The van der Waals surface area contributed by atoms with E-state index >= 15 is 0 Å². The van der Waals surface area contributed by atoms with Crippen molar-refractivity contribution in [2.24, 2.45) is 0 Å². The molecule has 0 heterocycles. The fourth-order valence-corrected chi connectivity index (χ4v) is 0. The Kier molecular flexibility index (Phi) is 2.14. The van der Waals surface area contributed by atoms with Gasteiger partial charge in [-0.15, -0.1) is 0 Å². The summed E-state index contributed by atoms with van der Waals surface area (Å²) in [6.07, 6.45) is -1.06. The zero-order chi connectivity index (χ0) is 4.28. The molecule has 2 nitrogen and oxygen atoms in total. The van der Waals surface area contributed by atoms with E-state index < -0.39 is 6.29 Å². The van der Waals surface area contributed by atoms with E-state index in [-0.39, 0.29) is 6.42 Å². The highest BCUT2D eigenvalue weighted by Crippen LogP contribution is 1.76. The third-order valence-corrected chi connectivity index (χ3v) is 0.258. The van der Waals surface area contributed by atoms with Gasteiger partial charge in [0.1, 0.15) is 0 Å². The van der Waals surface area contributed by atoms with Crippen LogP contribution in [0.15, 0.2) is 0 Å². The molecule has 0 fully saturated rings. The molecule has 31 valence electrons. The van der Waals surface area contributed by atoms with Crippen LogP contribution in [-0.4, -0.2) is 16.5 Å². The van der Waals surface area contributed by atoms with E-state index in [0.717, 1.165) is 0 Å². The van der Waals surface area contributed by atoms with Gasteiger partial charge in [0.2, 0.25) is 0 Å². The molecule has 0 atom stereocenters. The average Bonchev–Trinajstić information content (AvgIpc) is 1.38. The maximum Gasteiger partial charge on any atom is 0.151 e. The molecule has 0 amide bonds. The van der Waals surface area contributed by atoms with Crippen molar-refractivity contribution in [3.63, 3.8) is 0 Å². The van der Waals surface area contributed by atoms with E-state index in [1.54, 1.807) is 0 Å². The normalized spacial score (nSPS) is 9.60. The highest BCUT2D eigenvalue weighted by Gasteiger charge is 1.83. The first-order chi connectivity index (χ1) is 2.27. The molecule has 0 aromatic rings. The first-order valence-corrected chi connectivity index (χ1v) is 1.42. The largest absolute Gasteiger partial charge is 0.368 e. The quantitative estimate of drug-likeness (QED) is 0.413. The predicted octanol–water partition coefficient (Wildman–Crippen LogP) is -0.479. The van der Waals surface area contributed by atoms with E-state index in [2.05, 4.69) is 6.92 Å². The van der Waals surface area contributed by atoms with Gasteiger partial charge >= 0.3 is 0 Å². The van der Waals surface area contributed by atoms with Crippen LogP contribution in [0, 0.1) is 6.92 Å². The van der Waals surface area contributed by atoms with Crippen LogP contribution >= 0.6 is 0 Å². The second-order valence-corrected chi connectivity index (χ2v) is 0.769. The molecule has 0 aliphatic heterocycles. The average molecular weight is 75.1 g/mol. The number of hydrogen-bond donors (Lipinski definition) is 2. The molecule has 0 spiro atoms. The lowest BCUT2D eigenvalue weighted by Crippen LogP contribution is -1.99. The van der Waals surface area contributed by atoms with E-state index in [1.807, 2.05) is 0 Å². The number of hydrogen-bond acceptors (Lipinski definition) is 2. The highest BCUT2D eigenvalue weighted by atomic mass is 16.5. The van der Waals surface area contributed by atoms with Crippen molar-refractivity contribution in [2.75, 3.05) is 0 Å². The van der Waals surface area contributed by atoms with Gasteiger partial charge in [-0.1, -0.05) is 0 Å². The molecule has 5 heavy (non-hydrogen) atoms. The maximum atomic E-state index is 7.85. The van der Waals surface area contributed by atoms with Crippen LogP contribution in [0.1, 0.15) is 6.42 Å². The summed E-state index contributed by atoms with van der Waals surface area (Å²) in [5.41, 5.74) is 0. The van der Waals surface area contributed by atoms with Gasteiger partial charge in [-0.05, 0) is 13.3 Å². The van der Waals surface area contributed by atoms with Crippen molar-refractivity contribution < 1.29 is 10.2 Å². The van der Waals surface area contributed by atoms with E-state index in [4.69, 9.17) is 10.2 Å². The van der Waals surface area contributed by atoms with Gasteiger partial charge in [0.25, 0.3) is 0 Å². The summed E-state index contributed by atoms with van der Waals surface area (Å²) in [5.74, 6) is 0. The molecular formula is C3H7O2. The lowest BCUT2D eigenvalue weighted by molar-refractivity contribution is -0.0366. The molecule has 0 unspecified atom stereocenters. The summed E-state index contributed by atoms with van der Waals surface area (Å²) in [4.78, 5) is 0. The van der Waals surface area contributed by atoms with Gasteiger partial charge in [0.15, 0.2) is 6.29 Å². The molecule has 0 rings (SSSR count). The fraction of sp³-hybridized carbons (Fsp3) is 0.667. The molecular weight excluding hydrogens is 68.0 g/mol. The Morgan fingerprint density at radius 3 is 1.80 bits per heavy atom. The van der Waals surface area contributed by atoms with Gasteiger partial charge in [0.05, 0.1) is 0 Å². The Morgan fingerprint density at radius 1 is 1.60 bits per heavy atom. The van der Waals surface area contributed by atoms with Gasteiger partial charge in [-0.2, -0.15) is 0 Å². The Hall–Kier alpha value is -0.0800. The minimum Gasteiger partial charge on any atom is -0.368 e. The molecule has 2 heteroatoms. The summed E-state index contributed by atoms with van der Waals surface area (Å²) in [6, 6.07) is 0. The lowest BCUT2D eigenvalue weighted by atomic mass is 10.5. The molecule has 0 aliphatic rings. The SMILES string of the molecule is [CH2]CC(O)O. The van der Waals surface area contributed by atoms with Crippen LogP contribution in [0.2, 0.25) is 0 Å². The second kappa shape index (κ2) is 2.18. The zero-order valence-electron chi connectivity index (χ0n) is 2.89. The number of rotatable bonds is 1. The van der Waals surface area contributed by atoms with Crippen LogP contribution in [0.5, 0.6) is 0 Å². The van der Waals surface area contributed by atoms with Gasteiger partial charge in [0, 0.05) is 0 Å². The van der Waals surface area contributed by atoms with Crippen molar-refractivity contribution in [1.29, 1.82) is 0 Å². The maximum absolute atomic E-state index is 7.85. The third-order valence-electron chi connectivity index (χ3n) is 0.258. The van der Waals surface area contributed by atoms with Crippen LogP contribution in [0.3, 0.4) is 0 Å². The molecule has 0 saturated carbocycles. The second-order valence-electron chi connectivity index (χ2n) is 0.769. The van der Waals surface area contributed by atoms with E-state index in [1.165, 1.54) is 0 Å². The minimum atomic E-state index is -1.23. The Bertz CT molecular complexity index is 18.9. The summed E-state index contributed by atoms with van der Waals surface area (Å²) >= 11 is 0. The van der Waals surface area contributed by atoms with Crippen LogP contribution in [0.4, 0.5) is 0 Å². The van der Waals surface area contributed by atoms with E-state index in [9.17, 15) is 0 Å². The highest BCUT2D eigenvalue weighted by molar-refractivity contribution is 4.35. The molecule has 0 saturated heterocycles. The van der Waals surface area contributed by atoms with Crippen LogP contribution in [0.25, 0.3) is 0 Å². The third kappa shape index (κ3) is 3.92. The predicted molar refractivity (Wildman–Crippen MR) is 18.2 cm³/mol. The number of aliphatic hydroxyl groups excluding tert-OH is 1. The summed E-state index contributed by atoms with van der Waals surface area (Å²) < 4.78 is 0. The molecule has 2 N–H and O–H groups in total. The number of aliphatic hydroxyl groups is 2. The molecule has 0 aliphatic carbocycles. The Morgan fingerprint density at radius 2 is 1.80 bits per heavy atom. The monoisotopic (exact) mass is 75.0 g/mol. The smallest absolute Gasteiger partial charge is 0.151 e. The Labute approximate surface area is 31.1 Å². The van der Waals surface area contributed by atoms with Gasteiger partial charge < -0.3 is 10.2 Å². The van der Waals surface area contributed by atoms with Crippen molar-refractivity contribution in [3.05, 3.63) is 6.92 Å². The standard InChI is InChI=1S/C3H7O2/c1-2-3(4)5/h3-5H,1-2H2. The molecule has 1 radical (unpaired) electrons. The van der Waals surface area contributed by atoms with Crippen molar-refractivity contribution in [1.82, 2.24) is 0 Å². The Balaban J connectivity index is 2.54. The topological polar surface area (TPSA) is 40.5 Å². The summed E-state index contributed by atoms with van der Waals surface area (Å²) in [6.45, 7) is 3.19. The first kappa shape index (κ1) is 4.92. The van der Waals surface area contributed by atoms with E-state index in [0.29, 0.717) is 0 Å². The minimum absolute atomic E-state index is 0.167. The fourth-order valence-electron chi connectivity index (χ4n) is 0. The van der Waals surface area contributed by atoms with Gasteiger partial charge in [-0.3, -0.25) is 0 Å². The lowest BCUT2D eigenvalue weighted by Gasteiger charge is -1.90. The molecule has 0 aromatic heterocycles. The van der Waals surface area contributed by atoms with Crippen LogP contribution in [-0.2, 0) is 0 Å². The van der Waals surface area contributed by atoms with Gasteiger partial charge in [-0.25, -0.2) is 0 Å². The van der Waals surface area contributed by atoms with Crippen molar-refractivity contribution in [2.45, 2.75) is 12.7 Å². The molecule has 0 aromatic carbocycles. The first-order valence-electron chi connectivity index (χ1n) is 1.42.